The molecule has 90 valence electrons. The van der Waals surface area contributed by atoms with Crippen molar-refractivity contribution < 1.29 is 0 Å². The second-order valence-electron chi connectivity index (χ2n) is 3.80. The summed E-state index contributed by atoms with van der Waals surface area (Å²) in [6, 6.07) is 5.56. The van der Waals surface area contributed by atoms with Gasteiger partial charge in [0.25, 0.3) is 0 Å². The van der Waals surface area contributed by atoms with E-state index in [1.165, 1.54) is 0 Å². The number of hydrogen-bond acceptors (Lipinski definition) is 1. The molecule has 2 nitrogen and oxygen atoms in total. The highest BCUT2D eigenvalue weighted by Gasteiger charge is 2.13. The Morgan fingerprint density at radius 3 is 2.47 bits per heavy atom. The lowest BCUT2D eigenvalue weighted by molar-refractivity contribution is 0.826. The van der Waals surface area contributed by atoms with Crippen molar-refractivity contribution in [2.75, 3.05) is 0 Å². The summed E-state index contributed by atoms with van der Waals surface area (Å²) in [6.45, 7) is 3.80. The SMILES string of the molecule is Cc1nn(-c2ccc(Cl)cc2CCl)c(C)c1Cl. The van der Waals surface area contributed by atoms with E-state index in [2.05, 4.69) is 5.10 Å². The fourth-order valence-electron chi connectivity index (χ4n) is 1.73. The zero-order chi connectivity index (χ0) is 12.6. The van der Waals surface area contributed by atoms with E-state index in [1.54, 1.807) is 4.68 Å². The topological polar surface area (TPSA) is 17.8 Å². The van der Waals surface area contributed by atoms with E-state index in [-0.39, 0.29) is 0 Å². The first kappa shape index (κ1) is 12.7. The highest BCUT2D eigenvalue weighted by Crippen LogP contribution is 2.26. The summed E-state index contributed by atoms with van der Waals surface area (Å²) in [7, 11) is 0. The van der Waals surface area contributed by atoms with Gasteiger partial charge in [0.2, 0.25) is 0 Å². The maximum absolute atomic E-state index is 6.13. The lowest BCUT2D eigenvalue weighted by Gasteiger charge is -2.09. The van der Waals surface area contributed by atoms with Crippen molar-refractivity contribution in [1.82, 2.24) is 9.78 Å². The molecule has 5 heteroatoms. The van der Waals surface area contributed by atoms with Crippen molar-refractivity contribution in [3.63, 3.8) is 0 Å². The number of aromatic nitrogens is 2. The second-order valence-corrected chi connectivity index (χ2v) is 4.88. The largest absolute Gasteiger partial charge is 0.236 e. The number of alkyl halides is 1. The van der Waals surface area contributed by atoms with Crippen LogP contribution in [-0.2, 0) is 5.88 Å². The summed E-state index contributed by atoms with van der Waals surface area (Å²) in [5.74, 6) is 0.381. The monoisotopic (exact) mass is 288 g/mol. The van der Waals surface area contributed by atoms with Crippen LogP contribution in [0.5, 0.6) is 0 Å². The molecule has 1 heterocycles. The van der Waals surface area contributed by atoms with Gasteiger partial charge in [0, 0.05) is 10.9 Å². The van der Waals surface area contributed by atoms with Gasteiger partial charge in [-0.1, -0.05) is 23.2 Å². The summed E-state index contributed by atoms with van der Waals surface area (Å²) in [5.41, 5.74) is 3.55. The Morgan fingerprint density at radius 1 is 1.24 bits per heavy atom. The van der Waals surface area contributed by atoms with E-state index < -0.39 is 0 Å². The van der Waals surface area contributed by atoms with Crippen LogP contribution in [-0.4, -0.2) is 9.78 Å². The summed E-state index contributed by atoms with van der Waals surface area (Å²) < 4.78 is 1.80. The van der Waals surface area contributed by atoms with Crippen LogP contribution < -0.4 is 0 Å². The van der Waals surface area contributed by atoms with Gasteiger partial charge >= 0.3 is 0 Å². The molecule has 0 aliphatic rings. The molecule has 0 saturated carbocycles. The maximum Gasteiger partial charge on any atom is 0.0848 e. The Hall–Kier alpha value is -0.700. The van der Waals surface area contributed by atoms with Gasteiger partial charge < -0.3 is 0 Å². The van der Waals surface area contributed by atoms with Crippen LogP contribution in [0.25, 0.3) is 5.69 Å². The van der Waals surface area contributed by atoms with Gasteiger partial charge in [-0.15, -0.1) is 11.6 Å². The van der Waals surface area contributed by atoms with Crippen LogP contribution in [0.3, 0.4) is 0 Å². The van der Waals surface area contributed by atoms with Crippen LogP contribution in [0.1, 0.15) is 17.0 Å². The van der Waals surface area contributed by atoms with Crippen molar-refractivity contribution >= 4 is 34.8 Å². The Balaban J connectivity index is 2.64. The van der Waals surface area contributed by atoms with Gasteiger partial charge in [-0.3, -0.25) is 0 Å². The minimum Gasteiger partial charge on any atom is -0.236 e. The van der Waals surface area contributed by atoms with Crippen molar-refractivity contribution in [3.8, 4) is 5.69 Å². The highest BCUT2D eigenvalue weighted by molar-refractivity contribution is 6.32. The minimum atomic E-state index is 0.381. The molecule has 0 atom stereocenters. The third kappa shape index (κ3) is 2.30. The summed E-state index contributed by atoms with van der Waals surface area (Å²) in [6.07, 6.45) is 0. The molecule has 1 aromatic heterocycles. The molecule has 1 aromatic carbocycles. The van der Waals surface area contributed by atoms with E-state index in [0.29, 0.717) is 15.9 Å². The van der Waals surface area contributed by atoms with Crippen LogP contribution in [0.15, 0.2) is 18.2 Å². The van der Waals surface area contributed by atoms with Gasteiger partial charge in [0.1, 0.15) is 0 Å². The average molecular weight is 290 g/mol. The van der Waals surface area contributed by atoms with Gasteiger partial charge in [0.15, 0.2) is 0 Å². The van der Waals surface area contributed by atoms with Crippen LogP contribution >= 0.6 is 34.8 Å². The zero-order valence-corrected chi connectivity index (χ0v) is 11.7. The quantitative estimate of drug-likeness (QED) is 0.742. The molecule has 0 spiro atoms. The molecule has 0 saturated heterocycles. The summed E-state index contributed by atoms with van der Waals surface area (Å²) >= 11 is 18.0. The predicted molar refractivity (Wildman–Crippen MR) is 72.6 cm³/mol. The first-order valence-corrected chi connectivity index (χ1v) is 6.40. The molecule has 0 unspecified atom stereocenters. The van der Waals surface area contributed by atoms with Gasteiger partial charge in [-0.05, 0) is 37.6 Å². The number of rotatable bonds is 2. The molecule has 0 amide bonds. The van der Waals surface area contributed by atoms with Crippen molar-refractivity contribution in [1.29, 1.82) is 0 Å². The summed E-state index contributed by atoms with van der Waals surface area (Å²) in [5, 5.41) is 5.75. The fraction of sp³-hybridized carbons (Fsp3) is 0.250. The van der Waals surface area contributed by atoms with Crippen LogP contribution in [0, 0.1) is 13.8 Å². The van der Waals surface area contributed by atoms with E-state index in [1.807, 2.05) is 32.0 Å². The number of aryl methyl sites for hydroxylation is 1. The molecule has 2 aromatic rings. The fourth-order valence-corrected chi connectivity index (χ4v) is 2.25. The molecule has 0 N–H and O–H groups in total. The highest BCUT2D eigenvalue weighted by atomic mass is 35.5. The Bertz CT molecular complexity index is 561. The molecular weight excluding hydrogens is 279 g/mol. The van der Waals surface area contributed by atoms with E-state index >= 15 is 0 Å². The smallest absolute Gasteiger partial charge is 0.0848 e. The molecule has 0 bridgehead atoms. The Morgan fingerprint density at radius 2 is 1.94 bits per heavy atom. The van der Waals surface area contributed by atoms with E-state index in [9.17, 15) is 0 Å². The maximum atomic E-state index is 6.13. The second kappa shape index (κ2) is 4.89. The van der Waals surface area contributed by atoms with Gasteiger partial charge in [-0.2, -0.15) is 5.10 Å². The Kier molecular flexibility index (Phi) is 3.67. The third-order valence-electron chi connectivity index (χ3n) is 2.62. The average Bonchev–Trinajstić information content (AvgIpc) is 2.57. The normalized spacial score (nSPS) is 10.9. The zero-order valence-electron chi connectivity index (χ0n) is 9.47. The number of benzene rings is 1. The Labute approximate surface area is 115 Å². The van der Waals surface area contributed by atoms with E-state index in [0.717, 1.165) is 22.6 Å². The molecule has 0 aliphatic heterocycles. The lowest BCUT2D eigenvalue weighted by Crippen LogP contribution is -2.02. The molecule has 0 radical (unpaired) electrons. The minimum absolute atomic E-state index is 0.381. The lowest BCUT2D eigenvalue weighted by atomic mass is 10.2. The standard InChI is InChI=1S/C12H11Cl3N2/c1-7-12(15)8(2)17(16-7)11-4-3-10(14)5-9(11)6-13/h3-5H,6H2,1-2H3. The van der Waals surface area contributed by atoms with E-state index in [4.69, 9.17) is 34.8 Å². The van der Waals surface area contributed by atoms with Crippen LogP contribution in [0.4, 0.5) is 0 Å². The molecule has 0 fully saturated rings. The number of halogens is 3. The predicted octanol–water partition coefficient (Wildman–Crippen LogP) is 4.53. The first-order valence-electron chi connectivity index (χ1n) is 5.11. The third-order valence-corrected chi connectivity index (χ3v) is 3.69. The number of nitrogens with zero attached hydrogens (tertiary/aromatic N) is 2. The van der Waals surface area contributed by atoms with Crippen molar-refractivity contribution in [2.45, 2.75) is 19.7 Å². The molecule has 2 rings (SSSR count). The van der Waals surface area contributed by atoms with Crippen LogP contribution in [0.2, 0.25) is 10.0 Å². The molecule has 0 aliphatic carbocycles. The molecule has 17 heavy (non-hydrogen) atoms. The van der Waals surface area contributed by atoms with Crippen molar-refractivity contribution in [2.24, 2.45) is 0 Å². The van der Waals surface area contributed by atoms with Crippen molar-refractivity contribution in [3.05, 3.63) is 45.2 Å². The summed E-state index contributed by atoms with van der Waals surface area (Å²) in [4.78, 5) is 0. The van der Waals surface area contributed by atoms with Gasteiger partial charge in [-0.25, -0.2) is 4.68 Å². The number of hydrogen-bond donors (Lipinski definition) is 0. The first-order chi connectivity index (χ1) is 8.04. The van der Waals surface area contributed by atoms with Gasteiger partial charge in [0.05, 0.1) is 22.1 Å². The molecular formula is C12H11Cl3N2.